The Kier molecular flexibility index (Phi) is 5.82. The molecule has 1 aromatic carbocycles. The van der Waals surface area contributed by atoms with Gasteiger partial charge in [-0.3, -0.25) is 9.69 Å². The van der Waals surface area contributed by atoms with Crippen LogP contribution in [-0.2, 0) is 13.6 Å². The zero-order chi connectivity index (χ0) is 21.4. The standard InChI is InChI=1S/C21H19Br2N5O2/c1-26-16-3-5-18(23)25-19(16)20(15(11-24)21(26)30)28-8-6-27(7-9-28)12-13-10-14(22)2-4-17(13)29/h2-5,10,29H,6-9,12H2,1H3. The Morgan fingerprint density at radius 1 is 1.17 bits per heavy atom. The quantitative estimate of drug-likeness (QED) is 0.521. The second-order valence-electron chi connectivity index (χ2n) is 7.24. The van der Waals surface area contributed by atoms with Crippen molar-refractivity contribution < 1.29 is 5.11 Å². The number of aromatic hydroxyl groups is 1. The van der Waals surface area contributed by atoms with Crippen molar-refractivity contribution in [3.05, 3.63) is 60.9 Å². The zero-order valence-electron chi connectivity index (χ0n) is 16.3. The Bertz CT molecular complexity index is 1230. The number of phenols is 1. The third-order valence-corrected chi connectivity index (χ3v) is 6.35. The van der Waals surface area contributed by atoms with E-state index in [-0.39, 0.29) is 16.9 Å². The predicted octanol–water partition coefficient (Wildman–Crippen LogP) is 3.36. The highest BCUT2D eigenvalue weighted by Crippen LogP contribution is 2.30. The number of aryl methyl sites for hydroxylation is 1. The van der Waals surface area contributed by atoms with Crippen LogP contribution in [-0.4, -0.2) is 45.7 Å². The van der Waals surface area contributed by atoms with Gasteiger partial charge < -0.3 is 14.6 Å². The van der Waals surface area contributed by atoms with Crippen LogP contribution in [0.2, 0.25) is 0 Å². The summed E-state index contributed by atoms with van der Waals surface area (Å²) in [6.45, 7) is 3.41. The molecule has 0 bridgehead atoms. The van der Waals surface area contributed by atoms with Gasteiger partial charge in [0, 0.05) is 49.8 Å². The number of hydrogen-bond donors (Lipinski definition) is 1. The Morgan fingerprint density at radius 2 is 1.90 bits per heavy atom. The highest BCUT2D eigenvalue weighted by molar-refractivity contribution is 9.10. The van der Waals surface area contributed by atoms with Crippen LogP contribution in [0.3, 0.4) is 0 Å². The number of nitrogens with zero attached hydrogens (tertiary/aromatic N) is 5. The van der Waals surface area contributed by atoms with Crippen molar-refractivity contribution in [2.75, 3.05) is 31.1 Å². The molecule has 0 radical (unpaired) electrons. The summed E-state index contributed by atoms with van der Waals surface area (Å²) >= 11 is 6.85. The number of aromatic nitrogens is 2. The van der Waals surface area contributed by atoms with Crippen molar-refractivity contribution in [1.82, 2.24) is 14.5 Å². The Labute approximate surface area is 190 Å². The number of hydrogen-bond acceptors (Lipinski definition) is 6. The summed E-state index contributed by atoms with van der Waals surface area (Å²) in [6.07, 6.45) is 0. The molecule has 0 saturated carbocycles. The van der Waals surface area contributed by atoms with Crippen LogP contribution in [0, 0.1) is 11.3 Å². The van der Waals surface area contributed by atoms with Crippen molar-refractivity contribution in [3.63, 3.8) is 0 Å². The van der Waals surface area contributed by atoms with Crippen molar-refractivity contribution in [2.24, 2.45) is 7.05 Å². The van der Waals surface area contributed by atoms with Crippen molar-refractivity contribution in [1.29, 1.82) is 5.26 Å². The molecule has 7 nitrogen and oxygen atoms in total. The first-order chi connectivity index (χ1) is 14.4. The molecule has 1 fully saturated rings. The van der Waals surface area contributed by atoms with Gasteiger partial charge in [0.1, 0.15) is 27.5 Å². The zero-order valence-corrected chi connectivity index (χ0v) is 19.4. The van der Waals surface area contributed by atoms with E-state index in [2.05, 4.69) is 52.7 Å². The lowest BCUT2D eigenvalue weighted by atomic mass is 10.1. The molecular weight excluding hydrogens is 514 g/mol. The van der Waals surface area contributed by atoms with Gasteiger partial charge >= 0.3 is 0 Å². The van der Waals surface area contributed by atoms with Gasteiger partial charge in [-0.1, -0.05) is 15.9 Å². The molecule has 2 aromatic heterocycles. The van der Waals surface area contributed by atoms with Gasteiger partial charge in [0.15, 0.2) is 0 Å². The molecule has 0 atom stereocenters. The maximum absolute atomic E-state index is 12.8. The van der Waals surface area contributed by atoms with Crippen molar-refractivity contribution >= 4 is 48.6 Å². The topological polar surface area (TPSA) is 85.4 Å². The highest BCUT2D eigenvalue weighted by Gasteiger charge is 2.25. The average molecular weight is 533 g/mol. The molecule has 0 amide bonds. The van der Waals surface area contributed by atoms with Gasteiger partial charge in [-0.2, -0.15) is 5.26 Å². The summed E-state index contributed by atoms with van der Waals surface area (Å²) in [5.41, 5.74) is 2.60. The molecule has 1 aliphatic rings. The van der Waals surface area contributed by atoms with E-state index in [4.69, 9.17) is 0 Å². The number of halogens is 2. The summed E-state index contributed by atoms with van der Waals surface area (Å²) in [5, 5.41) is 19.8. The first-order valence-corrected chi connectivity index (χ1v) is 11.0. The number of fused-ring (bicyclic) bond motifs is 1. The third kappa shape index (κ3) is 3.83. The Morgan fingerprint density at radius 3 is 2.60 bits per heavy atom. The van der Waals surface area contributed by atoms with Gasteiger partial charge in [-0.15, -0.1) is 0 Å². The van der Waals surface area contributed by atoms with Gasteiger partial charge in [-0.05, 0) is 46.3 Å². The molecule has 0 aliphatic carbocycles. The van der Waals surface area contributed by atoms with Crippen molar-refractivity contribution in [3.8, 4) is 11.8 Å². The average Bonchev–Trinajstić information content (AvgIpc) is 2.74. The fourth-order valence-corrected chi connectivity index (χ4v) is 4.55. The second kappa shape index (κ2) is 8.38. The first kappa shape index (κ1) is 20.8. The van der Waals surface area contributed by atoms with Crippen LogP contribution in [0.15, 0.2) is 44.2 Å². The predicted molar refractivity (Wildman–Crippen MR) is 123 cm³/mol. The third-order valence-electron chi connectivity index (χ3n) is 5.42. The van der Waals surface area contributed by atoms with E-state index in [1.807, 2.05) is 18.2 Å². The number of nitriles is 1. The molecule has 0 spiro atoms. The van der Waals surface area contributed by atoms with Crippen molar-refractivity contribution in [2.45, 2.75) is 6.54 Å². The van der Waals surface area contributed by atoms with E-state index in [1.54, 1.807) is 19.2 Å². The highest BCUT2D eigenvalue weighted by atomic mass is 79.9. The summed E-state index contributed by atoms with van der Waals surface area (Å²) in [5.74, 6) is 0.277. The van der Waals surface area contributed by atoms with Crippen LogP contribution in [0.4, 0.5) is 5.69 Å². The fraction of sp³-hybridized carbons (Fsp3) is 0.286. The number of pyridine rings is 2. The van der Waals surface area contributed by atoms with E-state index in [9.17, 15) is 15.2 Å². The monoisotopic (exact) mass is 531 g/mol. The summed E-state index contributed by atoms with van der Waals surface area (Å²) in [6, 6.07) is 11.1. The largest absolute Gasteiger partial charge is 0.508 e. The molecule has 1 aliphatic heterocycles. The minimum atomic E-state index is -0.314. The number of benzene rings is 1. The number of piperazine rings is 1. The maximum atomic E-state index is 12.8. The normalized spacial score (nSPS) is 14.8. The fourth-order valence-electron chi connectivity index (χ4n) is 3.83. The molecule has 3 aromatic rings. The number of rotatable bonds is 3. The molecule has 1 saturated heterocycles. The van der Waals surface area contributed by atoms with Gasteiger partial charge in [-0.25, -0.2) is 4.98 Å². The van der Waals surface area contributed by atoms with Gasteiger partial charge in [0.25, 0.3) is 5.56 Å². The summed E-state index contributed by atoms with van der Waals surface area (Å²) in [7, 11) is 1.66. The SMILES string of the molecule is Cn1c(=O)c(C#N)c(N2CCN(Cc3cc(Br)ccc3O)CC2)c2nc(Br)ccc21. The summed E-state index contributed by atoms with van der Waals surface area (Å²) in [4.78, 5) is 21.7. The van der Waals surface area contributed by atoms with Gasteiger partial charge in [0.2, 0.25) is 0 Å². The van der Waals surface area contributed by atoms with Crippen LogP contribution < -0.4 is 10.5 Å². The smallest absolute Gasteiger partial charge is 0.270 e. The van der Waals surface area contributed by atoms with E-state index in [1.165, 1.54) is 4.57 Å². The Hall–Kier alpha value is -2.41. The molecule has 3 heterocycles. The number of phenolic OH excluding ortho intramolecular Hbond substituents is 1. The molecule has 0 unspecified atom stereocenters. The number of anilines is 1. The maximum Gasteiger partial charge on any atom is 0.270 e. The van der Waals surface area contributed by atoms with E-state index in [0.29, 0.717) is 41.0 Å². The van der Waals surface area contributed by atoms with E-state index in [0.717, 1.165) is 23.1 Å². The van der Waals surface area contributed by atoms with Crippen LogP contribution >= 0.6 is 31.9 Å². The lowest BCUT2D eigenvalue weighted by Gasteiger charge is -2.36. The van der Waals surface area contributed by atoms with Crippen LogP contribution in [0.1, 0.15) is 11.1 Å². The molecule has 154 valence electrons. The van der Waals surface area contributed by atoms with Crippen LogP contribution in [0.5, 0.6) is 5.75 Å². The van der Waals surface area contributed by atoms with Gasteiger partial charge in [0.05, 0.1) is 11.2 Å². The molecule has 9 heteroatoms. The first-order valence-electron chi connectivity index (χ1n) is 9.43. The second-order valence-corrected chi connectivity index (χ2v) is 8.97. The summed E-state index contributed by atoms with van der Waals surface area (Å²) < 4.78 is 3.06. The minimum absolute atomic E-state index is 0.119. The van der Waals surface area contributed by atoms with E-state index < -0.39 is 0 Å². The van der Waals surface area contributed by atoms with E-state index >= 15 is 0 Å². The minimum Gasteiger partial charge on any atom is -0.508 e. The lowest BCUT2D eigenvalue weighted by molar-refractivity contribution is 0.247. The molecule has 4 rings (SSSR count). The molecular formula is C21H19Br2N5O2. The molecule has 1 N–H and O–H groups in total. The lowest BCUT2D eigenvalue weighted by Crippen LogP contribution is -2.47. The van der Waals surface area contributed by atoms with Crippen LogP contribution in [0.25, 0.3) is 11.0 Å². The molecule has 30 heavy (non-hydrogen) atoms. The Balaban J connectivity index is 1.64.